The Labute approximate surface area is 118 Å². The van der Waals surface area contributed by atoms with Crippen molar-refractivity contribution in [2.75, 3.05) is 25.0 Å². The van der Waals surface area contributed by atoms with Gasteiger partial charge in [0, 0.05) is 32.1 Å². The van der Waals surface area contributed by atoms with Crippen LogP contribution in [0.5, 0.6) is 0 Å². The first-order chi connectivity index (χ1) is 9.75. The smallest absolute Gasteiger partial charge is 0.315 e. The largest absolute Gasteiger partial charge is 0.376 e. The van der Waals surface area contributed by atoms with Gasteiger partial charge in [-0.3, -0.25) is 0 Å². The van der Waals surface area contributed by atoms with Crippen LogP contribution in [0.15, 0.2) is 18.5 Å². The number of ether oxygens (including phenoxy) is 1. The zero-order chi connectivity index (χ0) is 14.2. The van der Waals surface area contributed by atoms with E-state index in [1.165, 1.54) is 0 Å². The lowest BCUT2D eigenvalue weighted by atomic mass is 10.1. The van der Waals surface area contributed by atoms with Gasteiger partial charge in [0.15, 0.2) is 0 Å². The fourth-order valence-electron chi connectivity index (χ4n) is 2.09. The lowest BCUT2D eigenvalue weighted by molar-refractivity contribution is 0.0860. The van der Waals surface area contributed by atoms with Crippen LogP contribution >= 0.6 is 0 Å². The fourth-order valence-corrected chi connectivity index (χ4v) is 2.09. The van der Waals surface area contributed by atoms with E-state index in [4.69, 9.17) is 4.74 Å². The Kier molecular flexibility index (Phi) is 5.55. The summed E-state index contributed by atoms with van der Waals surface area (Å²) in [6.45, 7) is 3.83. The van der Waals surface area contributed by atoms with Gasteiger partial charge in [-0.2, -0.15) is 0 Å². The Hall–Kier alpha value is -1.89. The number of carbonyl (C=O) groups excluding carboxylic acids is 1. The van der Waals surface area contributed by atoms with Crippen LogP contribution in [0.2, 0.25) is 0 Å². The zero-order valence-electron chi connectivity index (χ0n) is 11.6. The third-order valence-corrected chi connectivity index (χ3v) is 3.14. The summed E-state index contributed by atoms with van der Waals surface area (Å²) in [5.74, 6) is 0.558. The standard InChI is InChI=1S/C13H21N5O2/c1-10(11-4-2-9-20-11)18-13(19)17-8-7-16-12-14-5-3-6-15-12/h3,5-6,10-11H,2,4,7-9H2,1H3,(H,14,15,16)(H2,17,18,19). The first kappa shape index (κ1) is 14.5. The molecule has 3 N–H and O–H groups in total. The number of nitrogens with one attached hydrogen (secondary N) is 3. The SMILES string of the molecule is CC(NC(=O)NCCNc1ncccn1)C1CCCO1. The van der Waals surface area contributed by atoms with Crippen LogP contribution in [0.4, 0.5) is 10.7 Å². The van der Waals surface area contributed by atoms with Gasteiger partial charge in [-0.25, -0.2) is 14.8 Å². The van der Waals surface area contributed by atoms with E-state index in [1.807, 2.05) is 6.92 Å². The third-order valence-electron chi connectivity index (χ3n) is 3.14. The van der Waals surface area contributed by atoms with Crippen molar-refractivity contribution in [1.82, 2.24) is 20.6 Å². The maximum Gasteiger partial charge on any atom is 0.315 e. The van der Waals surface area contributed by atoms with Crippen molar-refractivity contribution in [2.24, 2.45) is 0 Å². The Morgan fingerprint density at radius 2 is 2.25 bits per heavy atom. The van der Waals surface area contributed by atoms with Crippen molar-refractivity contribution in [3.8, 4) is 0 Å². The van der Waals surface area contributed by atoms with Gasteiger partial charge in [0.25, 0.3) is 0 Å². The molecule has 0 bridgehead atoms. The molecule has 2 rings (SSSR count). The summed E-state index contributed by atoms with van der Waals surface area (Å²) in [6.07, 6.45) is 5.54. The number of nitrogens with zero attached hydrogens (tertiary/aromatic N) is 2. The second-order valence-electron chi connectivity index (χ2n) is 4.74. The van der Waals surface area contributed by atoms with E-state index in [0.717, 1.165) is 19.4 Å². The molecular formula is C13H21N5O2. The summed E-state index contributed by atoms with van der Waals surface area (Å²) in [4.78, 5) is 19.7. The number of hydrogen-bond donors (Lipinski definition) is 3. The molecule has 1 fully saturated rings. The highest BCUT2D eigenvalue weighted by Crippen LogP contribution is 2.15. The van der Waals surface area contributed by atoms with Gasteiger partial charge < -0.3 is 20.7 Å². The molecule has 0 aromatic carbocycles. The van der Waals surface area contributed by atoms with E-state index >= 15 is 0 Å². The molecule has 0 saturated carbocycles. The Morgan fingerprint density at radius 1 is 1.45 bits per heavy atom. The minimum atomic E-state index is -0.177. The first-order valence-electron chi connectivity index (χ1n) is 6.92. The normalized spacial score (nSPS) is 19.4. The molecule has 7 heteroatoms. The van der Waals surface area contributed by atoms with Gasteiger partial charge in [-0.15, -0.1) is 0 Å². The minimum absolute atomic E-state index is 0.0305. The number of carbonyl (C=O) groups is 1. The van der Waals surface area contributed by atoms with Gasteiger partial charge in [0.2, 0.25) is 5.95 Å². The molecule has 2 unspecified atom stereocenters. The maximum absolute atomic E-state index is 11.7. The minimum Gasteiger partial charge on any atom is -0.376 e. The Morgan fingerprint density at radius 3 is 2.95 bits per heavy atom. The third kappa shape index (κ3) is 4.65. The highest BCUT2D eigenvalue weighted by atomic mass is 16.5. The molecule has 1 aliphatic heterocycles. The molecule has 2 amide bonds. The second kappa shape index (κ2) is 7.64. The number of rotatable bonds is 6. The van der Waals surface area contributed by atoms with Crippen LogP contribution in [0.3, 0.4) is 0 Å². The number of aromatic nitrogens is 2. The van der Waals surface area contributed by atoms with E-state index in [-0.39, 0.29) is 18.2 Å². The molecule has 110 valence electrons. The lowest BCUT2D eigenvalue weighted by Gasteiger charge is -2.20. The quantitative estimate of drug-likeness (QED) is 0.669. The van der Waals surface area contributed by atoms with E-state index in [0.29, 0.717) is 19.0 Å². The molecule has 2 heterocycles. The predicted molar refractivity (Wildman–Crippen MR) is 75.5 cm³/mol. The van der Waals surface area contributed by atoms with Gasteiger partial charge in [0.1, 0.15) is 0 Å². The molecule has 0 radical (unpaired) electrons. The molecule has 1 aliphatic rings. The van der Waals surface area contributed by atoms with E-state index in [1.54, 1.807) is 18.5 Å². The van der Waals surface area contributed by atoms with Crippen LogP contribution in [0.25, 0.3) is 0 Å². The number of anilines is 1. The number of hydrogen-bond acceptors (Lipinski definition) is 5. The van der Waals surface area contributed by atoms with Crippen LogP contribution in [-0.4, -0.2) is 47.8 Å². The van der Waals surface area contributed by atoms with Crippen molar-refractivity contribution in [1.29, 1.82) is 0 Å². The topological polar surface area (TPSA) is 88.2 Å². The highest BCUT2D eigenvalue weighted by molar-refractivity contribution is 5.74. The molecule has 20 heavy (non-hydrogen) atoms. The Bertz CT molecular complexity index is 408. The summed E-state index contributed by atoms with van der Waals surface area (Å²) < 4.78 is 5.53. The monoisotopic (exact) mass is 279 g/mol. The van der Waals surface area contributed by atoms with E-state index < -0.39 is 0 Å². The summed E-state index contributed by atoms with van der Waals surface area (Å²) in [5, 5.41) is 8.69. The van der Waals surface area contributed by atoms with Crippen molar-refractivity contribution in [3.63, 3.8) is 0 Å². The molecular weight excluding hydrogens is 258 g/mol. The summed E-state index contributed by atoms with van der Waals surface area (Å²) in [7, 11) is 0. The molecule has 1 saturated heterocycles. The van der Waals surface area contributed by atoms with Crippen molar-refractivity contribution >= 4 is 12.0 Å². The van der Waals surface area contributed by atoms with Crippen LogP contribution in [0.1, 0.15) is 19.8 Å². The van der Waals surface area contributed by atoms with Gasteiger partial charge in [0.05, 0.1) is 12.1 Å². The van der Waals surface area contributed by atoms with Gasteiger partial charge in [-0.1, -0.05) is 0 Å². The molecule has 7 nitrogen and oxygen atoms in total. The molecule has 1 aromatic heterocycles. The number of urea groups is 1. The summed E-state index contributed by atoms with van der Waals surface area (Å²) in [6, 6.07) is 1.61. The number of amides is 2. The van der Waals surface area contributed by atoms with Crippen LogP contribution in [-0.2, 0) is 4.74 Å². The van der Waals surface area contributed by atoms with E-state index in [2.05, 4.69) is 25.9 Å². The predicted octanol–water partition coefficient (Wildman–Crippen LogP) is 0.755. The van der Waals surface area contributed by atoms with E-state index in [9.17, 15) is 4.79 Å². The molecule has 0 aliphatic carbocycles. The summed E-state index contributed by atoms with van der Waals surface area (Å²) >= 11 is 0. The Balaban J connectivity index is 1.58. The van der Waals surface area contributed by atoms with Gasteiger partial charge in [-0.05, 0) is 25.8 Å². The molecule has 1 aromatic rings. The van der Waals surface area contributed by atoms with Crippen molar-refractivity contribution < 1.29 is 9.53 Å². The van der Waals surface area contributed by atoms with Gasteiger partial charge >= 0.3 is 6.03 Å². The van der Waals surface area contributed by atoms with Crippen LogP contribution in [0, 0.1) is 0 Å². The average Bonchev–Trinajstić information content (AvgIpc) is 2.99. The molecule has 0 spiro atoms. The highest BCUT2D eigenvalue weighted by Gasteiger charge is 2.23. The van der Waals surface area contributed by atoms with Crippen molar-refractivity contribution in [2.45, 2.75) is 31.9 Å². The zero-order valence-corrected chi connectivity index (χ0v) is 11.6. The summed E-state index contributed by atoms with van der Waals surface area (Å²) in [5.41, 5.74) is 0. The van der Waals surface area contributed by atoms with Crippen molar-refractivity contribution in [3.05, 3.63) is 18.5 Å². The lowest BCUT2D eigenvalue weighted by Crippen LogP contribution is -2.46. The van der Waals surface area contributed by atoms with Crippen LogP contribution < -0.4 is 16.0 Å². The molecule has 2 atom stereocenters. The second-order valence-corrected chi connectivity index (χ2v) is 4.74. The fraction of sp³-hybridized carbons (Fsp3) is 0.615. The maximum atomic E-state index is 11.7. The average molecular weight is 279 g/mol. The first-order valence-corrected chi connectivity index (χ1v) is 6.92.